The maximum Gasteiger partial charge on any atom is 0.296 e. The van der Waals surface area contributed by atoms with Crippen molar-refractivity contribution >= 4 is 17.4 Å². The highest BCUT2D eigenvalue weighted by atomic mass is 19.1. The summed E-state index contributed by atoms with van der Waals surface area (Å²) in [5, 5.41) is 11.1. The molecule has 7 nitrogen and oxygen atoms in total. The molecule has 1 aliphatic heterocycles. The van der Waals surface area contributed by atoms with Crippen molar-refractivity contribution in [2.24, 2.45) is 0 Å². The van der Waals surface area contributed by atoms with E-state index in [4.69, 9.17) is 13.9 Å². The Morgan fingerprint density at radius 1 is 1.06 bits per heavy atom. The number of ether oxygens (including phenoxy) is 2. The van der Waals surface area contributed by atoms with Crippen LogP contribution in [0.4, 0.5) is 4.39 Å². The van der Waals surface area contributed by atoms with Crippen molar-refractivity contribution in [1.82, 2.24) is 4.90 Å². The van der Waals surface area contributed by atoms with E-state index < -0.39 is 29.3 Å². The average molecular weight is 451 g/mol. The Bertz CT molecular complexity index is 1260. The lowest BCUT2D eigenvalue weighted by atomic mass is 9.98. The highest BCUT2D eigenvalue weighted by Gasteiger charge is 2.48. The van der Waals surface area contributed by atoms with Crippen LogP contribution in [0.1, 0.15) is 28.7 Å². The molecule has 1 amide bonds. The molecule has 1 N–H and O–H groups in total. The number of rotatable bonds is 6. The summed E-state index contributed by atoms with van der Waals surface area (Å²) in [5.74, 6) is -1.36. The number of benzene rings is 2. The summed E-state index contributed by atoms with van der Waals surface area (Å²) in [5.41, 5.74) is 0.410. The van der Waals surface area contributed by atoms with E-state index in [0.717, 1.165) is 6.07 Å². The first-order valence-corrected chi connectivity index (χ1v) is 10.2. The molecule has 170 valence electrons. The molecule has 8 heteroatoms. The number of halogens is 1. The van der Waals surface area contributed by atoms with E-state index in [-0.39, 0.29) is 23.4 Å². The summed E-state index contributed by atoms with van der Waals surface area (Å²) in [6, 6.07) is 13.0. The molecule has 1 fully saturated rings. The maximum absolute atomic E-state index is 14.0. The molecule has 1 unspecified atom stereocenters. The molecule has 0 saturated carbocycles. The zero-order chi connectivity index (χ0) is 23.7. The van der Waals surface area contributed by atoms with Crippen LogP contribution in [0, 0.1) is 12.7 Å². The molecular weight excluding hydrogens is 429 g/mol. The van der Waals surface area contributed by atoms with Crippen LogP contribution in [-0.2, 0) is 16.1 Å². The quantitative estimate of drug-likeness (QED) is 0.340. The normalized spacial score (nSPS) is 17.5. The van der Waals surface area contributed by atoms with Gasteiger partial charge in [-0.3, -0.25) is 9.59 Å². The second-order valence-corrected chi connectivity index (χ2v) is 7.53. The third-order valence-corrected chi connectivity index (χ3v) is 5.52. The zero-order valence-electron chi connectivity index (χ0n) is 18.3. The number of aryl methyl sites for hydroxylation is 1. The molecular formula is C25H22FNO6. The highest BCUT2D eigenvalue weighted by molar-refractivity contribution is 6.46. The molecule has 4 rings (SSSR count). The van der Waals surface area contributed by atoms with Crippen molar-refractivity contribution in [1.29, 1.82) is 0 Å². The molecule has 0 spiro atoms. The first-order chi connectivity index (χ1) is 15.8. The smallest absolute Gasteiger partial charge is 0.296 e. The van der Waals surface area contributed by atoms with Gasteiger partial charge < -0.3 is 23.9 Å². The Morgan fingerprint density at radius 3 is 2.45 bits per heavy atom. The summed E-state index contributed by atoms with van der Waals surface area (Å²) in [4.78, 5) is 27.5. The van der Waals surface area contributed by atoms with Gasteiger partial charge in [0.25, 0.3) is 11.7 Å². The Hall–Kier alpha value is -4.07. The van der Waals surface area contributed by atoms with Crippen molar-refractivity contribution in [3.05, 3.63) is 88.6 Å². The monoisotopic (exact) mass is 451 g/mol. The van der Waals surface area contributed by atoms with E-state index in [1.165, 1.54) is 31.3 Å². The molecule has 3 aromatic rings. The number of aliphatic hydroxyl groups excluding tert-OH is 1. The fraction of sp³-hybridized carbons (Fsp3) is 0.200. The number of amides is 1. The summed E-state index contributed by atoms with van der Waals surface area (Å²) >= 11 is 0. The number of ketones is 1. The lowest BCUT2D eigenvalue weighted by molar-refractivity contribution is -0.140. The minimum absolute atomic E-state index is 0.0239. The number of likely N-dealkylation sites (tertiary alicyclic amines) is 1. The number of hydrogen-bond acceptors (Lipinski definition) is 6. The van der Waals surface area contributed by atoms with E-state index in [9.17, 15) is 19.1 Å². The van der Waals surface area contributed by atoms with Crippen molar-refractivity contribution in [2.75, 3.05) is 14.2 Å². The molecule has 1 aliphatic rings. The van der Waals surface area contributed by atoms with Crippen LogP contribution in [-0.4, -0.2) is 35.9 Å². The van der Waals surface area contributed by atoms with Gasteiger partial charge in [0, 0.05) is 5.56 Å². The predicted molar refractivity (Wildman–Crippen MR) is 117 cm³/mol. The fourth-order valence-corrected chi connectivity index (χ4v) is 3.97. The lowest BCUT2D eigenvalue weighted by Crippen LogP contribution is -2.29. The summed E-state index contributed by atoms with van der Waals surface area (Å²) < 4.78 is 30.4. The zero-order valence-corrected chi connectivity index (χ0v) is 18.3. The second kappa shape index (κ2) is 8.82. The number of para-hydroxylation sites is 1. The molecule has 1 aromatic heterocycles. The van der Waals surface area contributed by atoms with Crippen LogP contribution in [0.15, 0.2) is 64.6 Å². The average Bonchev–Trinajstić information content (AvgIpc) is 3.35. The van der Waals surface area contributed by atoms with Crippen LogP contribution in [0.2, 0.25) is 0 Å². The third kappa shape index (κ3) is 3.95. The number of methoxy groups -OCH3 is 2. The Morgan fingerprint density at radius 2 is 1.79 bits per heavy atom. The van der Waals surface area contributed by atoms with Crippen LogP contribution in [0.5, 0.6) is 11.5 Å². The van der Waals surface area contributed by atoms with E-state index >= 15 is 0 Å². The van der Waals surface area contributed by atoms with E-state index in [1.54, 1.807) is 43.3 Å². The molecule has 0 radical (unpaired) electrons. The fourth-order valence-electron chi connectivity index (χ4n) is 3.97. The largest absolute Gasteiger partial charge is 0.507 e. The molecule has 1 atom stereocenters. The number of Topliss-reactive ketones (excluding diaryl/α,β-unsaturated/α-hetero) is 1. The van der Waals surface area contributed by atoms with Crippen molar-refractivity contribution in [3.63, 3.8) is 0 Å². The SMILES string of the molecule is COc1ccccc1CN1C(=O)C(=O)/C(=C(/O)c2cc(F)ccc2OC)C1c1ccc(C)o1. The van der Waals surface area contributed by atoms with Gasteiger partial charge in [-0.1, -0.05) is 18.2 Å². The van der Waals surface area contributed by atoms with Gasteiger partial charge in [0.05, 0.1) is 31.9 Å². The first kappa shape index (κ1) is 22.1. The molecule has 33 heavy (non-hydrogen) atoms. The Balaban J connectivity index is 1.90. The number of furan rings is 1. The molecule has 1 saturated heterocycles. The molecule has 0 bridgehead atoms. The standard InChI is InChI=1S/C25H22FNO6/c1-14-8-10-20(33-14)22-21(23(28)17-12-16(26)9-11-19(17)32-3)24(29)25(30)27(22)13-15-6-4-5-7-18(15)31-2/h4-12,22,28H,13H2,1-3H3/b23-21+. The molecule has 2 heterocycles. The number of aliphatic hydroxyl groups is 1. The van der Waals surface area contributed by atoms with E-state index in [0.29, 0.717) is 22.8 Å². The summed E-state index contributed by atoms with van der Waals surface area (Å²) in [7, 11) is 2.87. The summed E-state index contributed by atoms with van der Waals surface area (Å²) in [6.07, 6.45) is 0. The first-order valence-electron chi connectivity index (χ1n) is 10.2. The van der Waals surface area contributed by atoms with Gasteiger partial charge in [-0.05, 0) is 43.3 Å². The van der Waals surface area contributed by atoms with Gasteiger partial charge in [-0.2, -0.15) is 0 Å². The van der Waals surface area contributed by atoms with Crippen LogP contribution < -0.4 is 9.47 Å². The van der Waals surface area contributed by atoms with Crippen molar-refractivity contribution in [2.45, 2.75) is 19.5 Å². The highest BCUT2D eigenvalue weighted by Crippen LogP contribution is 2.42. The Labute approximate surface area is 189 Å². The second-order valence-electron chi connectivity index (χ2n) is 7.53. The van der Waals surface area contributed by atoms with Gasteiger partial charge in [0.15, 0.2) is 0 Å². The van der Waals surface area contributed by atoms with Crippen LogP contribution in [0.25, 0.3) is 5.76 Å². The Kier molecular flexibility index (Phi) is 5.91. The maximum atomic E-state index is 14.0. The van der Waals surface area contributed by atoms with Gasteiger partial charge in [-0.25, -0.2) is 4.39 Å². The van der Waals surface area contributed by atoms with Gasteiger partial charge >= 0.3 is 0 Å². The van der Waals surface area contributed by atoms with E-state index in [1.807, 2.05) is 0 Å². The number of nitrogens with zero attached hydrogens (tertiary/aromatic N) is 1. The number of hydrogen-bond donors (Lipinski definition) is 1. The predicted octanol–water partition coefficient (Wildman–Crippen LogP) is 4.37. The minimum atomic E-state index is -1.03. The summed E-state index contributed by atoms with van der Waals surface area (Å²) in [6.45, 7) is 1.75. The van der Waals surface area contributed by atoms with E-state index in [2.05, 4.69) is 0 Å². The van der Waals surface area contributed by atoms with Gasteiger partial charge in [0.1, 0.15) is 40.6 Å². The molecule has 0 aliphatic carbocycles. The van der Waals surface area contributed by atoms with Crippen molar-refractivity contribution in [3.8, 4) is 11.5 Å². The number of carbonyl (C=O) groups excluding carboxylic acids is 2. The molecule has 2 aromatic carbocycles. The topological polar surface area (TPSA) is 89.2 Å². The van der Waals surface area contributed by atoms with Gasteiger partial charge in [0.2, 0.25) is 0 Å². The minimum Gasteiger partial charge on any atom is -0.507 e. The van der Waals surface area contributed by atoms with Crippen LogP contribution >= 0.6 is 0 Å². The van der Waals surface area contributed by atoms with Gasteiger partial charge in [-0.15, -0.1) is 0 Å². The lowest BCUT2D eigenvalue weighted by Gasteiger charge is -2.24. The van der Waals surface area contributed by atoms with Crippen LogP contribution in [0.3, 0.4) is 0 Å². The third-order valence-electron chi connectivity index (χ3n) is 5.52. The number of carbonyl (C=O) groups is 2. The van der Waals surface area contributed by atoms with Crippen molar-refractivity contribution < 1.29 is 33.0 Å².